The quantitative estimate of drug-likeness (QED) is 0.410. The van der Waals surface area contributed by atoms with Crippen LogP contribution in [0.1, 0.15) is 5.56 Å². The van der Waals surface area contributed by atoms with Gasteiger partial charge in [0, 0.05) is 11.4 Å². The molecule has 0 aliphatic rings. The first kappa shape index (κ1) is 17.7. The van der Waals surface area contributed by atoms with E-state index in [2.05, 4.69) is 24.3 Å². The molecular weight excluding hydrogens is 342 g/mol. The largest absolute Gasteiger partial charge is 0.281 e. The predicted octanol–water partition coefficient (Wildman–Crippen LogP) is 6.26. The van der Waals surface area contributed by atoms with Crippen molar-refractivity contribution >= 4 is 17.3 Å². The summed E-state index contributed by atoms with van der Waals surface area (Å²) >= 11 is 0. The van der Waals surface area contributed by atoms with Crippen molar-refractivity contribution in [3.63, 3.8) is 0 Å². The standard InChI is InChI=1S/C26H21NO/c28-26(20-21-16-18-23(19-17-21)22-10-4-1-5-11-22)27(24-12-6-2-7-13-24)25-14-8-3-9-15-25/h1-19H,20H2. The molecule has 0 N–H and O–H groups in total. The van der Waals surface area contributed by atoms with Gasteiger partial charge in [0.05, 0.1) is 6.42 Å². The van der Waals surface area contributed by atoms with Gasteiger partial charge in [-0.2, -0.15) is 0 Å². The number of carbonyl (C=O) groups is 1. The van der Waals surface area contributed by atoms with Gasteiger partial charge >= 0.3 is 0 Å². The van der Waals surface area contributed by atoms with E-state index in [1.165, 1.54) is 5.56 Å². The summed E-state index contributed by atoms with van der Waals surface area (Å²) < 4.78 is 0. The molecule has 0 heterocycles. The maximum Gasteiger partial charge on any atom is 0.235 e. The SMILES string of the molecule is O=C(Cc1ccc(-c2ccccc2)cc1)N(c1ccccc1)c1ccccc1. The third kappa shape index (κ3) is 4.02. The predicted molar refractivity (Wildman–Crippen MR) is 116 cm³/mol. The Morgan fingerprint density at radius 2 is 0.964 bits per heavy atom. The molecule has 4 rings (SSSR count). The van der Waals surface area contributed by atoms with Crippen LogP contribution in [0.25, 0.3) is 11.1 Å². The average molecular weight is 363 g/mol. The van der Waals surface area contributed by atoms with Gasteiger partial charge in [-0.05, 0) is 41.0 Å². The Morgan fingerprint density at radius 1 is 0.536 bits per heavy atom. The molecule has 0 spiro atoms. The number of carbonyl (C=O) groups excluding carboxylic acids is 1. The Morgan fingerprint density at radius 3 is 1.46 bits per heavy atom. The minimum absolute atomic E-state index is 0.0462. The Balaban J connectivity index is 1.58. The lowest BCUT2D eigenvalue weighted by atomic mass is 10.0. The molecule has 2 heteroatoms. The molecule has 0 saturated heterocycles. The third-order valence-electron chi connectivity index (χ3n) is 4.69. The molecule has 2 nitrogen and oxygen atoms in total. The van der Waals surface area contributed by atoms with Crippen molar-refractivity contribution in [2.24, 2.45) is 0 Å². The van der Waals surface area contributed by atoms with Crippen LogP contribution in [0.5, 0.6) is 0 Å². The number of nitrogens with zero attached hydrogens (tertiary/aromatic N) is 1. The Hall–Kier alpha value is -3.65. The van der Waals surface area contributed by atoms with Crippen molar-refractivity contribution in [1.82, 2.24) is 0 Å². The molecule has 0 fully saturated rings. The summed E-state index contributed by atoms with van der Waals surface area (Å²) in [7, 11) is 0. The zero-order valence-corrected chi connectivity index (χ0v) is 15.5. The highest BCUT2D eigenvalue weighted by molar-refractivity contribution is 6.01. The van der Waals surface area contributed by atoms with Crippen molar-refractivity contribution in [2.75, 3.05) is 4.90 Å². The summed E-state index contributed by atoms with van der Waals surface area (Å²) in [6.45, 7) is 0. The highest BCUT2D eigenvalue weighted by Gasteiger charge is 2.18. The molecule has 0 aliphatic carbocycles. The molecule has 0 unspecified atom stereocenters. The number of amides is 1. The minimum Gasteiger partial charge on any atom is -0.281 e. The monoisotopic (exact) mass is 363 g/mol. The van der Waals surface area contributed by atoms with Gasteiger partial charge in [0.1, 0.15) is 0 Å². The fraction of sp³-hybridized carbons (Fsp3) is 0.0385. The van der Waals surface area contributed by atoms with E-state index in [1.807, 2.05) is 91.0 Å². The van der Waals surface area contributed by atoms with Crippen LogP contribution >= 0.6 is 0 Å². The Bertz CT molecular complexity index is 987. The normalized spacial score (nSPS) is 10.4. The minimum atomic E-state index is 0.0462. The number of para-hydroxylation sites is 2. The van der Waals surface area contributed by atoms with Gasteiger partial charge in [0.2, 0.25) is 5.91 Å². The molecule has 28 heavy (non-hydrogen) atoms. The fourth-order valence-electron chi connectivity index (χ4n) is 3.29. The van der Waals surface area contributed by atoms with Gasteiger partial charge in [0.25, 0.3) is 0 Å². The number of rotatable bonds is 5. The zero-order chi connectivity index (χ0) is 19.2. The molecule has 0 bridgehead atoms. The third-order valence-corrected chi connectivity index (χ3v) is 4.69. The van der Waals surface area contributed by atoms with Crippen LogP contribution in [-0.2, 0) is 11.2 Å². The van der Waals surface area contributed by atoms with E-state index in [0.29, 0.717) is 6.42 Å². The van der Waals surface area contributed by atoms with Crippen LogP contribution < -0.4 is 4.90 Å². The second-order valence-corrected chi connectivity index (χ2v) is 6.64. The summed E-state index contributed by atoms with van der Waals surface area (Å²) in [5, 5.41) is 0. The molecule has 0 saturated carbocycles. The molecule has 0 aliphatic heterocycles. The molecule has 136 valence electrons. The second kappa shape index (κ2) is 8.36. The summed E-state index contributed by atoms with van der Waals surface area (Å²) in [6.07, 6.45) is 0.346. The van der Waals surface area contributed by atoms with Gasteiger partial charge < -0.3 is 0 Å². The van der Waals surface area contributed by atoms with Crippen molar-refractivity contribution < 1.29 is 4.79 Å². The first-order valence-corrected chi connectivity index (χ1v) is 9.39. The summed E-state index contributed by atoms with van der Waals surface area (Å²) in [4.78, 5) is 15.0. The van der Waals surface area contributed by atoms with Gasteiger partial charge in [-0.15, -0.1) is 0 Å². The fourth-order valence-corrected chi connectivity index (χ4v) is 3.29. The van der Waals surface area contributed by atoms with Crippen molar-refractivity contribution in [3.8, 4) is 11.1 Å². The first-order chi connectivity index (χ1) is 13.8. The van der Waals surface area contributed by atoms with E-state index in [4.69, 9.17) is 0 Å². The van der Waals surface area contributed by atoms with Crippen molar-refractivity contribution in [3.05, 3.63) is 121 Å². The smallest absolute Gasteiger partial charge is 0.235 e. The Labute approximate surface area is 165 Å². The van der Waals surface area contributed by atoms with Crippen LogP contribution in [0.4, 0.5) is 11.4 Å². The van der Waals surface area contributed by atoms with Crippen LogP contribution in [0.2, 0.25) is 0 Å². The van der Waals surface area contributed by atoms with E-state index in [9.17, 15) is 4.79 Å². The summed E-state index contributed by atoms with van der Waals surface area (Å²) in [5.41, 5.74) is 5.08. The van der Waals surface area contributed by atoms with Crippen LogP contribution in [0.15, 0.2) is 115 Å². The van der Waals surface area contributed by atoms with Gasteiger partial charge in [0.15, 0.2) is 0 Å². The van der Waals surface area contributed by atoms with Crippen LogP contribution in [0.3, 0.4) is 0 Å². The number of benzene rings is 4. The lowest BCUT2D eigenvalue weighted by Crippen LogP contribution is -2.27. The average Bonchev–Trinajstić information content (AvgIpc) is 2.77. The van der Waals surface area contributed by atoms with Crippen LogP contribution in [-0.4, -0.2) is 5.91 Å². The number of anilines is 2. The molecule has 0 radical (unpaired) electrons. The topological polar surface area (TPSA) is 20.3 Å². The number of hydrogen-bond donors (Lipinski definition) is 0. The van der Waals surface area contributed by atoms with Crippen LogP contribution in [0, 0.1) is 0 Å². The maximum absolute atomic E-state index is 13.2. The molecule has 4 aromatic rings. The highest BCUT2D eigenvalue weighted by Crippen LogP contribution is 2.26. The number of hydrogen-bond acceptors (Lipinski definition) is 1. The van der Waals surface area contributed by atoms with E-state index < -0.39 is 0 Å². The zero-order valence-electron chi connectivity index (χ0n) is 15.5. The molecule has 0 atom stereocenters. The highest BCUT2D eigenvalue weighted by atomic mass is 16.2. The Kier molecular flexibility index (Phi) is 5.30. The molecule has 0 aromatic heterocycles. The van der Waals surface area contributed by atoms with Crippen molar-refractivity contribution in [1.29, 1.82) is 0 Å². The van der Waals surface area contributed by atoms with Gasteiger partial charge in [-0.25, -0.2) is 0 Å². The molecule has 1 amide bonds. The maximum atomic E-state index is 13.2. The van der Waals surface area contributed by atoms with Gasteiger partial charge in [-0.1, -0.05) is 91.0 Å². The van der Waals surface area contributed by atoms with E-state index in [-0.39, 0.29) is 5.91 Å². The van der Waals surface area contributed by atoms with Crippen molar-refractivity contribution in [2.45, 2.75) is 6.42 Å². The first-order valence-electron chi connectivity index (χ1n) is 9.39. The molecule has 4 aromatic carbocycles. The molecular formula is C26H21NO. The van der Waals surface area contributed by atoms with E-state index in [0.717, 1.165) is 22.5 Å². The summed E-state index contributed by atoms with van der Waals surface area (Å²) in [5.74, 6) is 0.0462. The second-order valence-electron chi connectivity index (χ2n) is 6.64. The van der Waals surface area contributed by atoms with E-state index in [1.54, 1.807) is 4.90 Å². The van der Waals surface area contributed by atoms with Gasteiger partial charge in [-0.3, -0.25) is 9.69 Å². The summed E-state index contributed by atoms with van der Waals surface area (Å²) in [6, 6.07) is 38.1. The lowest BCUT2D eigenvalue weighted by Gasteiger charge is -2.23. The van der Waals surface area contributed by atoms with E-state index >= 15 is 0 Å². The lowest BCUT2D eigenvalue weighted by molar-refractivity contribution is -0.117.